The Morgan fingerprint density at radius 2 is 1.70 bits per heavy atom. The van der Waals surface area contributed by atoms with Crippen molar-refractivity contribution in [3.05, 3.63) is 46.9 Å². The summed E-state index contributed by atoms with van der Waals surface area (Å²) in [4.78, 5) is 0. The molecule has 2 aromatic carbocycles. The summed E-state index contributed by atoms with van der Waals surface area (Å²) in [5.74, 6) is 0.643. The largest absolute Gasteiger partial charge is 0.507 e. The highest BCUT2D eigenvalue weighted by Crippen LogP contribution is 2.32. The molecule has 3 rings (SSSR count). The van der Waals surface area contributed by atoms with E-state index in [9.17, 15) is 5.11 Å². The van der Waals surface area contributed by atoms with Crippen LogP contribution in [0.3, 0.4) is 0 Å². The maximum absolute atomic E-state index is 9.78. The number of rotatable bonds is 2. The van der Waals surface area contributed by atoms with Crippen LogP contribution in [0.25, 0.3) is 22.9 Å². The van der Waals surface area contributed by atoms with E-state index in [1.165, 1.54) is 0 Å². The van der Waals surface area contributed by atoms with Gasteiger partial charge in [0.15, 0.2) is 0 Å². The van der Waals surface area contributed by atoms with E-state index in [2.05, 4.69) is 26.1 Å². The van der Waals surface area contributed by atoms with Crippen LogP contribution in [0.5, 0.6) is 5.75 Å². The SMILES string of the molecule is Nc1ccc(Br)cc1-c1nnc(-c2ccccc2O)o1. The molecular formula is C14H10BrN3O2. The third kappa shape index (κ3) is 2.25. The summed E-state index contributed by atoms with van der Waals surface area (Å²) in [6.07, 6.45) is 0. The van der Waals surface area contributed by atoms with Gasteiger partial charge in [-0.3, -0.25) is 0 Å². The number of benzene rings is 2. The number of halogens is 1. The molecule has 0 saturated heterocycles. The van der Waals surface area contributed by atoms with Crippen LogP contribution in [0.2, 0.25) is 0 Å². The normalized spacial score (nSPS) is 10.7. The van der Waals surface area contributed by atoms with Crippen molar-refractivity contribution in [2.45, 2.75) is 0 Å². The lowest BCUT2D eigenvalue weighted by atomic mass is 10.2. The lowest BCUT2D eigenvalue weighted by Crippen LogP contribution is -1.89. The van der Waals surface area contributed by atoms with Gasteiger partial charge in [0.1, 0.15) is 5.75 Å². The molecule has 0 aliphatic rings. The Hall–Kier alpha value is -2.34. The molecule has 3 aromatic rings. The number of aromatic nitrogens is 2. The molecule has 0 atom stereocenters. The Morgan fingerprint density at radius 1 is 1.00 bits per heavy atom. The van der Waals surface area contributed by atoms with Crippen LogP contribution in [0.4, 0.5) is 5.69 Å². The van der Waals surface area contributed by atoms with E-state index in [0.717, 1.165) is 4.47 Å². The molecule has 0 saturated carbocycles. The van der Waals surface area contributed by atoms with Crippen molar-refractivity contribution in [3.63, 3.8) is 0 Å². The quantitative estimate of drug-likeness (QED) is 0.702. The first-order chi connectivity index (χ1) is 9.65. The van der Waals surface area contributed by atoms with E-state index in [1.807, 2.05) is 6.07 Å². The first-order valence-corrected chi connectivity index (χ1v) is 6.62. The van der Waals surface area contributed by atoms with Crippen LogP contribution in [0.15, 0.2) is 51.4 Å². The Kier molecular flexibility index (Phi) is 3.15. The van der Waals surface area contributed by atoms with Crippen molar-refractivity contribution in [3.8, 4) is 28.7 Å². The van der Waals surface area contributed by atoms with Gasteiger partial charge in [-0.1, -0.05) is 28.1 Å². The van der Waals surface area contributed by atoms with Crippen LogP contribution < -0.4 is 5.73 Å². The zero-order chi connectivity index (χ0) is 14.1. The molecule has 0 aliphatic heterocycles. The van der Waals surface area contributed by atoms with Crippen molar-refractivity contribution in [1.29, 1.82) is 0 Å². The number of phenols is 1. The third-order valence-corrected chi connectivity index (χ3v) is 3.30. The molecule has 0 spiro atoms. The van der Waals surface area contributed by atoms with E-state index in [-0.39, 0.29) is 11.6 Å². The molecule has 0 radical (unpaired) electrons. The number of phenolic OH excluding ortho intramolecular Hbond substituents is 1. The van der Waals surface area contributed by atoms with E-state index >= 15 is 0 Å². The number of anilines is 1. The Labute approximate surface area is 123 Å². The lowest BCUT2D eigenvalue weighted by molar-refractivity contribution is 0.473. The summed E-state index contributed by atoms with van der Waals surface area (Å²) in [5.41, 5.74) is 7.58. The fourth-order valence-electron chi connectivity index (χ4n) is 1.81. The van der Waals surface area contributed by atoms with Crippen molar-refractivity contribution in [2.24, 2.45) is 0 Å². The highest BCUT2D eigenvalue weighted by molar-refractivity contribution is 9.10. The zero-order valence-electron chi connectivity index (χ0n) is 10.2. The number of nitrogens with two attached hydrogens (primary N) is 1. The van der Waals surface area contributed by atoms with Gasteiger partial charge < -0.3 is 15.3 Å². The number of aromatic hydroxyl groups is 1. The number of nitrogens with zero attached hydrogens (tertiary/aromatic N) is 2. The highest BCUT2D eigenvalue weighted by atomic mass is 79.9. The van der Waals surface area contributed by atoms with Gasteiger partial charge in [-0.25, -0.2) is 0 Å². The average Bonchev–Trinajstić information content (AvgIpc) is 2.91. The summed E-state index contributed by atoms with van der Waals surface area (Å²) in [7, 11) is 0. The number of hydrogen-bond acceptors (Lipinski definition) is 5. The fourth-order valence-corrected chi connectivity index (χ4v) is 2.17. The molecule has 0 amide bonds. The molecule has 0 unspecified atom stereocenters. The monoisotopic (exact) mass is 331 g/mol. The minimum atomic E-state index is 0.0879. The molecule has 6 heteroatoms. The van der Waals surface area contributed by atoms with Crippen molar-refractivity contribution in [2.75, 3.05) is 5.73 Å². The maximum atomic E-state index is 9.78. The third-order valence-electron chi connectivity index (χ3n) is 2.81. The predicted octanol–water partition coefficient (Wildman–Crippen LogP) is 3.45. The van der Waals surface area contributed by atoms with Gasteiger partial charge in [-0.2, -0.15) is 0 Å². The van der Waals surface area contributed by atoms with Gasteiger partial charge >= 0.3 is 0 Å². The molecule has 0 bridgehead atoms. The lowest BCUT2D eigenvalue weighted by Gasteiger charge is -2.01. The predicted molar refractivity (Wildman–Crippen MR) is 78.9 cm³/mol. The molecular weight excluding hydrogens is 322 g/mol. The maximum Gasteiger partial charge on any atom is 0.251 e. The smallest absolute Gasteiger partial charge is 0.251 e. The molecule has 0 aliphatic carbocycles. The van der Waals surface area contributed by atoms with E-state index < -0.39 is 0 Å². The summed E-state index contributed by atoms with van der Waals surface area (Å²) in [6.45, 7) is 0. The Bertz CT molecular complexity index is 771. The molecule has 1 aromatic heterocycles. The Balaban J connectivity index is 2.07. The summed E-state index contributed by atoms with van der Waals surface area (Å²) in [5, 5.41) is 17.7. The minimum absolute atomic E-state index is 0.0879. The highest BCUT2D eigenvalue weighted by Gasteiger charge is 2.15. The molecule has 100 valence electrons. The number of para-hydroxylation sites is 1. The van der Waals surface area contributed by atoms with E-state index in [0.29, 0.717) is 22.7 Å². The van der Waals surface area contributed by atoms with Crippen LogP contribution in [-0.2, 0) is 0 Å². The zero-order valence-corrected chi connectivity index (χ0v) is 11.8. The van der Waals surface area contributed by atoms with Gasteiger partial charge in [-0.15, -0.1) is 10.2 Å². The fraction of sp³-hybridized carbons (Fsp3) is 0. The average molecular weight is 332 g/mol. The molecule has 0 fully saturated rings. The molecule has 20 heavy (non-hydrogen) atoms. The van der Waals surface area contributed by atoms with E-state index in [1.54, 1.807) is 36.4 Å². The van der Waals surface area contributed by atoms with Crippen LogP contribution in [0, 0.1) is 0 Å². The topological polar surface area (TPSA) is 85.2 Å². The number of nitrogen functional groups attached to an aromatic ring is 1. The standard InChI is InChI=1S/C14H10BrN3O2/c15-8-5-6-11(16)10(7-8)14-18-17-13(20-14)9-3-1-2-4-12(9)19/h1-7,19H,16H2. The van der Waals surface area contributed by atoms with Gasteiger partial charge in [0.2, 0.25) is 5.89 Å². The van der Waals surface area contributed by atoms with Crippen LogP contribution >= 0.6 is 15.9 Å². The van der Waals surface area contributed by atoms with E-state index in [4.69, 9.17) is 10.2 Å². The minimum Gasteiger partial charge on any atom is -0.507 e. The molecule has 3 N–H and O–H groups in total. The van der Waals surface area contributed by atoms with Crippen molar-refractivity contribution in [1.82, 2.24) is 10.2 Å². The first-order valence-electron chi connectivity index (χ1n) is 5.82. The second kappa shape index (κ2) is 4.97. The second-order valence-electron chi connectivity index (χ2n) is 4.16. The van der Waals surface area contributed by atoms with Gasteiger partial charge in [-0.05, 0) is 30.3 Å². The number of hydrogen-bond donors (Lipinski definition) is 2. The van der Waals surface area contributed by atoms with Gasteiger partial charge in [0, 0.05) is 10.2 Å². The first kappa shape index (κ1) is 12.7. The Morgan fingerprint density at radius 3 is 2.45 bits per heavy atom. The summed E-state index contributed by atoms with van der Waals surface area (Å²) >= 11 is 3.37. The van der Waals surface area contributed by atoms with Gasteiger partial charge in [0.25, 0.3) is 5.89 Å². The summed E-state index contributed by atoms with van der Waals surface area (Å²) in [6, 6.07) is 12.2. The van der Waals surface area contributed by atoms with Crippen molar-refractivity contribution < 1.29 is 9.52 Å². The summed E-state index contributed by atoms with van der Waals surface area (Å²) < 4.78 is 6.45. The van der Waals surface area contributed by atoms with Crippen molar-refractivity contribution >= 4 is 21.6 Å². The molecule has 5 nitrogen and oxygen atoms in total. The second-order valence-corrected chi connectivity index (χ2v) is 5.08. The van der Waals surface area contributed by atoms with Crippen LogP contribution in [-0.4, -0.2) is 15.3 Å². The molecule has 1 heterocycles. The van der Waals surface area contributed by atoms with Crippen LogP contribution in [0.1, 0.15) is 0 Å². The van der Waals surface area contributed by atoms with Gasteiger partial charge in [0.05, 0.1) is 11.1 Å².